The fourth-order valence-electron chi connectivity index (χ4n) is 1.43. The third-order valence-corrected chi connectivity index (χ3v) is 2.16. The first-order valence-electron chi connectivity index (χ1n) is 3.70. The summed E-state index contributed by atoms with van der Waals surface area (Å²) in [5.74, 6) is 0. The standard InChI is InChI=1S/C6H10N2O3/c9-7-6(8(10)11)4-2-1-3-5-6/h1-5H2. The predicted octanol–water partition coefficient (Wildman–Crippen LogP) is 1.69. The zero-order valence-corrected chi connectivity index (χ0v) is 6.15. The summed E-state index contributed by atoms with van der Waals surface area (Å²) in [5.41, 5.74) is -1.49. The molecular weight excluding hydrogens is 148 g/mol. The Bertz CT molecular complexity index is 175. The first kappa shape index (κ1) is 8.10. The average Bonchev–Trinajstić information content (AvgIpc) is 2.05. The molecule has 11 heavy (non-hydrogen) atoms. The van der Waals surface area contributed by atoms with Crippen molar-refractivity contribution >= 4 is 0 Å². The number of nitrogens with zero attached hydrogens (tertiary/aromatic N) is 2. The van der Waals surface area contributed by atoms with Gasteiger partial charge in [0.1, 0.15) is 0 Å². The summed E-state index contributed by atoms with van der Waals surface area (Å²) in [6.45, 7) is 0. The predicted molar refractivity (Wildman–Crippen MR) is 38.6 cm³/mol. The zero-order chi connectivity index (χ0) is 8.32. The van der Waals surface area contributed by atoms with Crippen molar-refractivity contribution in [3.8, 4) is 0 Å². The Morgan fingerprint density at radius 2 is 1.82 bits per heavy atom. The van der Waals surface area contributed by atoms with Crippen LogP contribution in [0.15, 0.2) is 5.18 Å². The normalized spacial score (nSPS) is 22.5. The molecule has 1 fully saturated rings. The van der Waals surface area contributed by atoms with E-state index in [4.69, 9.17) is 0 Å². The van der Waals surface area contributed by atoms with Crippen molar-refractivity contribution in [1.82, 2.24) is 0 Å². The molecule has 0 saturated heterocycles. The second kappa shape index (κ2) is 2.94. The Morgan fingerprint density at radius 1 is 1.27 bits per heavy atom. The maximum atomic E-state index is 10.4. The van der Waals surface area contributed by atoms with Crippen LogP contribution >= 0.6 is 0 Å². The molecule has 0 unspecified atom stereocenters. The van der Waals surface area contributed by atoms with Gasteiger partial charge in [0, 0.05) is 18.0 Å². The molecule has 0 atom stereocenters. The molecule has 0 aromatic rings. The second-order valence-corrected chi connectivity index (χ2v) is 2.89. The van der Waals surface area contributed by atoms with Crippen molar-refractivity contribution in [2.75, 3.05) is 0 Å². The molecule has 0 N–H and O–H groups in total. The van der Waals surface area contributed by atoms with Crippen molar-refractivity contribution in [2.45, 2.75) is 37.8 Å². The van der Waals surface area contributed by atoms with Gasteiger partial charge in [0.25, 0.3) is 0 Å². The lowest BCUT2D eigenvalue weighted by atomic mass is 9.90. The van der Waals surface area contributed by atoms with Crippen LogP contribution in [0.5, 0.6) is 0 Å². The molecule has 1 aliphatic rings. The number of nitro groups is 1. The highest BCUT2D eigenvalue weighted by Crippen LogP contribution is 2.31. The van der Waals surface area contributed by atoms with Crippen LogP contribution in [0.3, 0.4) is 0 Å². The fraction of sp³-hybridized carbons (Fsp3) is 1.00. The van der Waals surface area contributed by atoms with E-state index in [0.717, 1.165) is 19.3 Å². The highest BCUT2D eigenvalue weighted by Gasteiger charge is 2.45. The molecule has 5 heteroatoms. The van der Waals surface area contributed by atoms with E-state index in [1.165, 1.54) is 0 Å². The first-order valence-corrected chi connectivity index (χ1v) is 3.70. The smallest absolute Gasteiger partial charge is 0.262 e. The Labute approximate surface area is 63.9 Å². The molecule has 62 valence electrons. The molecule has 0 amide bonds. The Morgan fingerprint density at radius 3 is 2.09 bits per heavy atom. The summed E-state index contributed by atoms with van der Waals surface area (Å²) in [5, 5.41) is 13.0. The minimum Gasteiger partial charge on any atom is -0.262 e. The lowest BCUT2D eigenvalue weighted by Crippen LogP contribution is -2.37. The van der Waals surface area contributed by atoms with Gasteiger partial charge in [-0.2, -0.15) is 0 Å². The Hall–Kier alpha value is -1.00. The molecule has 1 rings (SSSR count). The van der Waals surface area contributed by atoms with E-state index < -0.39 is 10.6 Å². The minimum absolute atomic E-state index is 0.309. The number of hydrogen-bond donors (Lipinski definition) is 0. The van der Waals surface area contributed by atoms with E-state index in [1.807, 2.05) is 0 Å². The summed E-state index contributed by atoms with van der Waals surface area (Å²) in [6.07, 6.45) is 3.08. The summed E-state index contributed by atoms with van der Waals surface area (Å²) >= 11 is 0. The zero-order valence-electron chi connectivity index (χ0n) is 6.15. The third-order valence-electron chi connectivity index (χ3n) is 2.16. The van der Waals surface area contributed by atoms with Gasteiger partial charge in [0.15, 0.2) is 0 Å². The van der Waals surface area contributed by atoms with Crippen LogP contribution in [0.1, 0.15) is 32.1 Å². The van der Waals surface area contributed by atoms with Crippen LogP contribution in [-0.2, 0) is 0 Å². The molecule has 0 aliphatic heterocycles. The largest absolute Gasteiger partial charge is 0.348 e. The SMILES string of the molecule is O=NC1([N+](=O)[O-])CCCCC1. The van der Waals surface area contributed by atoms with Crippen LogP contribution in [0, 0.1) is 15.0 Å². The van der Waals surface area contributed by atoms with E-state index in [2.05, 4.69) is 5.18 Å². The van der Waals surface area contributed by atoms with Crippen LogP contribution in [0.25, 0.3) is 0 Å². The molecule has 1 aliphatic carbocycles. The highest BCUT2D eigenvalue weighted by atomic mass is 16.6. The molecule has 0 bridgehead atoms. The second-order valence-electron chi connectivity index (χ2n) is 2.89. The first-order chi connectivity index (χ1) is 5.21. The van der Waals surface area contributed by atoms with Gasteiger partial charge in [-0.3, -0.25) is 10.1 Å². The van der Waals surface area contributed by atoms with Crippen LogP contribution in [-0.4, -0.2) is 10.6 Å². The van der Waals surface area contributed by atoms with Crippen LogP contribution in [0.2, 0.25) is 0 Å². The molecule has 0 spiro atoms. The van der Waals surface area contributed by atoms with Crippen LogP contribution in [0.4, 0.5) is 0 Å². The topological polar surface area (TPSA) is 72.6 Å². The summed E-state index contributed by atoms with van der Waals surface area (Å²) < 4.78 is 0. The van der Waals surface area contributed by atoms with E-state index in [9.17, 15) is 15.0 Å². The van der Waals surface area contributed by atoms with Gasteiger partial charge >= 0.3 is 5.66 Å². The van der Waals surface area contributed by atoms with Crippen molar-refractivity contribution in [3.05, 3.63) is 15.0 Å². The van der Waals surface area contributed by atoms with Crippen molar-refractivity contribution in [2.24, 2.45) is 5.18 Å². The molecule has 5 nitrogen and oxygen atoms in total. The molecule has 0 heterocycles. The minimum atomic E-state index is -1.49. The van der Waals surface area contributed by atoms with E-state index in [0.29, 0.717) is 12.8 Å². The van der Waals surface area contributed by atoms with Gasteiger partial charge in [-0.25, -0.2) is 0 Å². The molecular formula is C6H10N2O3. The number of hydrogen-bond acceptors (Lipinski definition) is 4. The molecule has 0 radical (unpaired) electrons. The summed E-state index contributed by atoms with van der Waals surface area (Å²) in [6, 6.07) is 0. The lowest BCUT2D eigenvalue weighted by molar-refractivity contribution is -0.573. The van der Waals surface area contributed by atoms with Gasteiger partial charge in [-0.05, 0) is 12.8 Å². The number of nitroso groups, excluding NO2 is 1. The highest BCUT2D eigenvalue weighted by molar-refractivity contribution is 4.79. The number of rotatable bonds is 2. The quantitative estimate of drug-likeness (QED) is 0.348. The Balaban J connectivity index is 2.72. The van der Waals surface area contributed by atoms with Gasteiger partial charge in [-0.1, -0.05) is 6.42 Å². The lowest BCUT2D eigenvalue weighted by Gasteiger charge is -2.21. The molecule has 1 saturated carbocycles. The average molecular weight is 158 g/mol. The van der Waals surface area contributed by atoms with Gasteiger partial charge < -0.3 is 0 Å². The van der Waals surface area contributed by atoms with Gasteiger partial charge in [0.05, 0.1) is 4.92 Å². The fourth-order valence-corrected chi connectivity index (χ4v) is 1.43. The van der Waals surface area contributed by atoms with Crippen molar-refractivity contribution < 1.29 is 4.92 Å². The van der Waals surface area contributed by atoms with E-state index in [1.54, 1.807) is 0 Å². The van der Waals surface area contributed by atoms with Gasteiger partial charge in [-0.15, -0.1) is 4.91 Å². The van der Waals surface area contributed by atoms with Crippen molar-refractivity contribution in [1.29, 1.82) is 0 Å². The maximum Gasteiger partial charge on any atom is 0.348 e. The summed E-state index contributed by atoms with van der Waals surface area (Å²) in [4.78, 5) is 20.1. The maximum absolute atomic E-state index is 10.4. The molecule has 0 aromatic carbocycles. The third kappa shape index (κ3) is 1.36. The monoisotopic (exact) mass is 158 g/mol. The Kier molecular flexibility index (Phi) is 2.16. The van der Waals surface area contributed by atoms with Crippen molar-refractivity contribution in [3.63, 3.8) is 0 Å². The van der Waals surface area contributed by atoms with Gasteiger partial charge in [0.2, 0.25) is 0 Å². The summed E-state index contributed by atoms with van der Waals surface area (Å²) in [7, 11) is 0. The van der Waals surface area contributed by atoms with E-state index in [-0.39, 0.29) is 0 Å². The molecule has 0 aromatic heterocycles. The van der Waals surface area contributed by atoms with Crippen LogP contribution < -0.4 is 0 Å². The van der Waals surface area contributed by atoms with E-state index >= 15 is 0 Å².